The van der Waals surface area contributed by atoms with Crippen molar-refractivity contribution < 1.29 is 9.53 Å². The van der Waals surface area contributed by atoms with Crippen molar-refractivity contribution in [1.29, 1.82) is 0 Å². The number of ether oxygens (including phenoxy) is 1. The highest BCUT2D eigenvalue weighted by molar-refractivity contribution is 5.69. The number of esters is 1. The number of hydrogen-bond donors (Lipinski definition) is 0. The Morgan fingerprint density at radius 1 is 0.593 bits per heavy atom. The first-order valence-corrected chi connectivity index (χ1v) is 12.3. The van der Waals surface area contributed by atoms with Crippen LogP contribution in [0.2, 0.25) is 0 Å². The van der Waals surface area contributed by atoms with E-state index in [1.807, 2.05) is 0 Å². The van der Waals surface area contributed by atoms with Gasteiger partial charge in [0.1, 0.15) is 0 Å². The molecule has 0 radical (unpaired) electrons. The molecule has 0 fully saturated rings. The van der Waals surface area contributed by atoms with Crippen LogP contribution in [0.5, 0.6) is 0 Å². The summed E-state index contributed by atoms with van der Waals surface area (Å²) in [5, 5.41) is 0. The molecule has 0 amide bonds. The van der Waals surface area contributed by atoms with E-state index in [0.29, 0.717) is 18.9 Å². The predicted molar refractivity (Wildman–Crippen MR) is 119 cm³/mol. The van der Waals surface area contributed by atoms with Gasteiger partial charge in [-0.15, -0.1) is 0 Å². The van der Waals surface area contributed by atoms with E-state index in [2.05, 4.69) is 20.8 Å². The van der Waals surface area contributed by atoms with Gasteiger partial charge in [-0.1, -0.05) is 130 Å². The summed E-state index contributed by atoms with van der Waals surface area (Å²) in [5.41, 5.74) is 0. The molecule has 0 N–H and O–H groups in total. The Balaban J connectivity index is 3.06. The highest BCUT2D eigenvalue weighted by Gasteiger charge is 2.05. The van der Waals surface area contributed by atoms with Crippen LogP contribution in [0.1, 0.15) is 143 Å². The number of carbonyl (C=O) groups excluding carboxylic acids is 1. The fourth-order valence-electron chi connectivity index (χ4n) is 3.58. The highest BCUT2D eigenvalue weighted by Crippen LogP contribution is 2.14. The Morgan fingerprint density at radius 2 is 0.926 bits per heavy atom. The van der Waals surface area contributed by atoms with Gasteiger partial charge in [-0.3, -0.25) is 4.79 Å². The largest absolute Gasteiger partial charge is 0.466 e. The lowest BCUT2D eigenvalue weighted by Crippen LogP contribution is -2.08. The molecule has 0 unspecified atom stereocenters. The Labute approximate surface area is 171 Å². The molecule has 2 nitrogen and oxygen atoms in total. The average Bonchev–Trinajstić information content (AvgIpc) is 2.63. The van der Waals surface area contributed by atoms with Crippen LogP contribution in [0.3, 0.4) is 0 Å². The van der Waals surface area contributed by atoms with Gasteiger partial charge in [-0.05, 0) is 12.3 Å². The number of carbonyl (C=O) groups is 1. The van der Waals surface area contributed by atoms with E-state index < -0.39 is 0 Å². The average molecular weight is 383 g/mol. The minimum Gasteiger partial charge on any atom is -0.466 e. The second-order valence-electron chi connectivity index (χ2n) is 8.83. The zero-order chi connectivity index (χ0) is 20.0. The molecule has 0 rings (SSSR count). The van der Waals surface area contributed by atoms with E-state index in [1.54, 1.807) is 0 Å². The van der Waals surface area contributed by atoms with Gasteiger partial charge >= 0.3 is 5.97 Å². The first-order valence-electron chi connectivity index (χ1n) is 12.3. The van der Waals surface area contributed by atoms with Gasteiger partial charge in [0.15, 0.2) is 0 Å². The number of hydrogen-bond acceptors (Lipinski definition) is 2. The standard InChI is InChI=1S/C25H50O2/c1-4-5-6-7-8-9-10-11-12-13-14-15-16-17-18-19-20-21-22-27-25(26)23-24(2)3/h24H,4-23H2,1-3H3. The Bertz CT molecular complexity index is 299. The Hall–Kier alpha value is -0.530. The van der Waals surface area contributed by atoms with E-state index in [0.717, 1.165) is 6.42 Å². The highest BCUT2D eigenvalue weighted by atomic mass is 16.5. The van der Waals surface area contributed by atoms with Crippen LogP contribution in [-0.2, 0) is 9.53 Å². The summed E-state index contributed by atoms with van der Waals surface area (Å²) in [7, 11) is 0. The zero-order valence-corrected chi connectivity index (χ0v) is 19.0. The van der Waals surface area contributed by atoms with Gasteiger partial charge < -0.3 is 4.74 Å². The van der Waals surface area contributed by atoms with Gasteiger partial charge in [0.2, 0.25) is 0 Å². The van der Waals surface area contributed by atoms with Crippen LogP contribution in [0.25, 0.3) is 0 Å². The van der Waals surface area contributed by atoms with E-state index >= 15 is 0 Å². The monoisotopic (exact) mass is 382 g/mol. The van der Waals surface area contributed by atoms with Crippen molar-refractivity contribution in [3.8, 4) is 0 Å². The fourth-order valence-corrected chi connectivity index (χ4v) is 3.58. The SMILES string of the molecule is CCCCCCCCCCCCCCCCCCCCOC(=O)CC(C)C. The molecule has 0 saturated heterocycles. The molecule has 0 aromatic heterocycles. The smallest absolute Gasteiger partial charge is 0.306 e. The van der Waals surface area contributed by atoms with Crippen LogP contribution in [-0.4, -0.2) is 12.6 Å². The predicted octanol–water partition coefficient (Wildman–Crippen LogP) is 8.62. The first kappa shape index (κ1) is 26.5. The maximum atomic E-state index is 11.4. The third-order valence-corrected chi connectivity index (χ3v) is 5.34. The van der Waals surface area contributed by atoms with Crippen molar-refractivity contribution >= 4 is 5.97 Å². The molecule has 0 bridgehead atoms. The second kappa shape index (κ2) is 21.8. The minimum atomic E-state index is -0.0306. The third-order valence-electron chi connectivity index (χ3n) is 5.34. The molecule has 0 aliphatic rings. The van der Waals surface area contributed by atoms with E-state index in [-0.39, 0.29) is 5.97 Å². The summed E-state index contributed by atoms with van der Waals surface area (Å²) in [6.45, 7) is 7.01. The normalized spacial score (nSPS) is 11.3. The zero-order valence-electron chi connectivity index (χ0n) is 19.0. The lowest BCUT2D eigenvalue weighted by atomic mass is 10.0. The summed E-state index contributed by atoms with van der Waals surface area (Å²) in [5.74, 6) is 0.370. The Kier molecular flexibility index (Phi) is 21.3. The van der Waals surface area contributed by atoms with Crippen molar-refractivity contribution in [3.63, 3.8) is 0 Å². The maximum absolute atomic E-state index is 11.4. The molecule has 27 heavy (non-hydrogen) atoms. The molecule has 0 spiro atoms. The minimum absolute atomic E-state index is 0.0306. The summed E-state index contributed by atoms with van der Waals surface area (Å²) < 4.78 is 5.24. The summed E-state index contributed by atoms with van der Waals surface area (Å²) >= 11 is 0. The Morgan fingerprint density at radius 3 is 1.26 bits per heavy atom. The lowest BCUT2D eigenvalue weighted by Gasteiger charge is -2.06. The third kappa shape index (κ3) is 23.4. The summed E-state index contributed by atoms with van der Waals surface area (Å²) in [6.07, 6.45) is 25.5. The molecule has 162 valence electrons. The summed E-state index contributed by atoms with van der Waals surface area (Å²) in [4.78, 5) is 11.4. The fraction of sp³-hybridized carbons (Fsp3) is 0.960. The van der Waals surface area contributed by atoms with E-state index in [9.17, 15) is 4.79 Å². The van der Waals surface area contributed by atoms with Crippen molar-refractivity contribution in [1.82, 2.24) is 0 Å². The van der Waals surface area contributed by atoms with E-state index in [4.69, 9.17) is 4.74 Å². The van der Waals surface area contributed by atoms with Gasteiger partial charge in [0.05, 0.1) is 6.61 Å². The van der Waals surface area contributed by atoms with Crippen molar-refractivity contribution in [2.75, 3.05) is 6.61 Å². The maximum Gasteiger partial charge on any atom is 0.306 e. The van der Waals surface area contributed by atoms with Crippen LogP contribution in [0, 0.1) is 5.92 Å². The molecular formula is C25H50O2. The van der Waals surface area contributed by atoms with Crippen LogP contribution in [0.4, 0.5) is 0 Å². The molecule has 0 aromatic rings. The van der Waals surface area contributed by atoms with Crippen molar-refractivity contribution in [2.24, 2.45) is 5.92 Å². The van der Waals surface area contributed by atoms with Gasteiger partial charge in [0.25, 0.3) is 0 Å². The number of unbranched alkanes of at least 4 members (excludes halogenated alkanes) is 17. The van der Waals surface area contributed by atoms with Crippen LogP contribution in [0.15, 0.2) is 0 Å². The van der Waals surface area contributed by atoms with E-state index in [1.165, 1.54) is 109 Å². The molecule has 0 heterocycles. The van der Waals surface area contributed by atoms with Crippen molar-refractivity contribution in [2.45, 2.75) is 143 Å². The molecule has 2 heteroatoms. The van der Waals surface area contributed by atoms with Gasteiger partial charge in [0, 0.05) is 6.42 Å². The topological polar surface area (TPSA) is 26.3 Å². The van der Waals surface area contributed by atoms with Crippen LogP contribution < -0.4 is 0 Å². The molecule has 0 atom stereocenters. The molecule has 0 aromatic carbocycles. The quantitative estimate of drug-likeness (QED) is 0.147. The molecule has 0 saturated carbocycles. The van der Waals surface area contributed by atoms with Crippen LogP contribution >= 0.6 is 0 Å². The molecule has 0 aliphatic carbocycles. The lowest BCUT2D eigenvalue weighted by molar-refractivity contribution is -0.144. The number of rotatable bonds is 21. The summed E-state index contributed by atoms with van der Waals surface area (Å²) in [6, 6.07) is 0. The molecular weight excluding hydrogens is 332 g/mol. The first-order chi connectivity index (χ1) is 13.2. The van der Waals surface area contributed by atoms with Gasteiger partial charge in [-0.25, -0.2) is 0 Å². The second-order valence-corrected chi connectivity index (χ2v) is 8.83. The van der Waals surface area contributed by atoms with Crippen molar-refractivity contribution in [3.05, 3.63) is 0 Å². The molecule has 0 aliphatic heterocycles. The van der Waals surface area contributed by atoms with Gasteiger partial charge in [-0.2, -0.15) is 0 Å².